The van der Waals surface area contributed by atoms with Crippen molar-refractivity contribution in [3.05, 3.63) is 48.5 Å². The van der Waals surface area contributed by atoms with Gasteiger partial charge in [0, 0.05) is 18.8 Å². The third kappa shape index (κ3) is 5.01. The third-order valence-electron chi connectivity index (χ3n) is 4.50. The molecule has 0 atom stereocenters. The Kier molecular flexibility index (Phi) is 6.88. The second-order valence-electron chi connectivity index (χ2n) is 6.50. The van der Waals surface area contributed by atoms with E-state index in [9.17, 15) is 8.42 Å². The Labute approximate surface area is 171 Å². The van der Waals surface area contributed by atoms with Gasteiger partial charge in [-0.3, -0.25) is 0 Å². The SMILES string of the molecule is CCOc1ccccc1NC(=S)Nc1ccc(S(=O)(=O)N2CCCCC2)cc1. The van der Waals surface area contributed by atoms with Crippen LogP contribution in [0.1, 0.15) is 26.2 Å². The summed E-state index contributed by atoms with van der Waals surface area (Å²) in [5.41, 5.74) is 1.48. The van der Waals surface area contributed by atoms with Gasteiger partial charge in [0.2, 0.25) is 10.0 Å². The highest BCUT2D eigenvalue weighted by atomic mass is 32.2. The van der Waals surface area contributed by atoms with E-state index in [4.69, 9.17) is 17.0 Å². The molecule has 6 nitrogen and oxygen atoms in total. The number of rotatable bonds is 6. The van der Waals surface area contributed by atoms with Crippen LogP contribution in [0.25, 0.3) is 0 Å². The first-order valence-electron chi connectivity index (χ1n) is 9.41. The van der Waals surface area contributed by atoms with Gasteiger partial charge in [-0.1, -0.05) is 18.6 Å². The van der Waals surface area contributed by atoms with E-state index >= 15 is 0 Å². The summed E-state index contributed by atoms with van der Waals surface area (Å²) in [6, 6.07) is 14.2. The summed E-state index contributed by atoms with van der Waals surface area (Å²) in [6.45, 7) is 3.67. The van der Waals surface area contributed by atoms with Crippen molar-refractivity contribution in [2.75, 3.05) is 30.3 Å². The molecular formula is C20H25N3O3S2. The lowest BCUT2D eigenvalue weighted by Crippen LogP contribution is -2.35. The molecule has 0 radical (unpaired) electrons. The summed E-state index contributed by atoms with van der Waals surface area (Å²) < 4.78 is 32.6. The summed E-state index contributed by atoms with van der Waals surface area (Å²) >= 11 is 5.37. The Bertz CT molecular complexity index is 909. The van der Waals surface area contributed by atoms with Crippen molar-refractivity contribution in [1.82, 2.24) is 4.31 Å². The van der Waals surface area contributed by atoms with Crippen LogP contribution in [0.4, 0.5) is 11.4 Å². The topological polar surface area (TPSA) is 70.7 Å². The van der Waals surface area contributed by atoms with E-state index in [0.717, 1.165) is 30.7 Å². The average molecular weight is 420 g/mol. The summed E-state index contributed by atoms with van der Waals surface area (Å²) in [5, 5.41) is 6.59. The fourth-order valence-corrected chi connectivity index (χ4v) is 4.85. The summed E-state index contributed by atoms with van der Waals surface area (Å²) in [5.74, 6) is 0.720. The van der Waals surface area contributed by atoms with Gasteiger partial charge in [0.1, 0.15) is 5.75 Å². The molecule has 1 heterocycles. The molecule has 8 heteroatoms. The zero-order chi connectivity index (χ0) is 20.0. The van der Waals surface area contributed by atoms with Crippen LogP contribution in [0, 0.1) is 0 Å². The second-order valence-corrected chi connectivity index (χ2v) is 8.84. The zero-order valence-electron chi connectivity index (χ0n) is 15.8. The molecule has 1 aliphatic rings. The van der Waals surface area contributed by atoms with Gasteiger partial charge in [0.05, 0.1) is 17.2 Å². The highest BCUT2D eigenvalue weighted by molar-refractivity contribution is 7.89. The first kappa shape index (κ1) is 20.6. The number of sulfonamides is 1. The average Bonchev–Trinajstić information content (AvgIpc) is 2.71. The van der Waals surface area contributed by atoms with E-state index in [-0.39, 0.29) is 0 Å². The molecule has 1 aliphatic heterocycles. The van der Waals surface area contributed by atoms with Crippen molar-refractivity contribution in [1.29, 1.82) is 0 Å². The molecule has 0 aliphatic carbocycles. The van der Waals surface area contributed by atoms with E-state index in [1.165, 1.54) is 0 Å². The smallest absolute Gasteiger partial charge is 0.243 e. The fourth-order valence-electron chi connectivity index (χ4n) is 3.10. The minimum atomic E-state index is -3.43. The summed E-state index contributed by atoms with van der Waals surface area (Å²) in [6.07, 6.45) is 2.93. The number of benzene rings is 2. The van der Waals surface area contributed by atoms with Crippen LogP contribution >= 0.6 is 12.2 Å². The Balaban J connectivity index is 1.65. The number of para-hydroxylation sites is 2. The van der Waals surface area contributed by atoms with E-state index < -0.39 is 10.0 Å². The molecule has 0 amide bonds. The Morgan fingerprint density at radius 1 is 1.04 bits per heavy atom. The highest BCUT2D eigenvalue weighted by Crippen LogP contribution is 2.25. The van der Waals surface area contributed by atoms with Crippen LogP contribution in [0.5, 0.6) is 5.75 Å². The van der Waals surface area contributed by atoms with Crippen LogP contribution in [0.3, 0.4) is 0 Å². The lowest BCUT2D eigenvalue weighted by molar-refractivity contribution is 0.342. The second kappa shape index (κ2) is 9.36. The monoisotopic (exact) mass is 419 g/mol. The first-order chi connectivity index (χ1) is 13.5. The maximum absolute atomic E-state index is 12.7. The van der Waals surface area contributed by atoms with Crippen LogP contribution in [-0.2, 0) is 10.0 Å². The van der Waals surface area contributed by atoms with Crippen LogP contribution < -0.4 is 15.4 Å². The summed E-state index contributed by atoms with van der Waals surface area (Å²) in [4.78, 5) is 0.306. The molecule has 2 aromatic carbocycles. The van der Waals surface area contributed by atoms with Gasteiger partial charge in [-0.2, -0.15) is 4.31 Å². The molecule has 2 N–H and O–H groups in total. The number of hydrogen-bond donors (Lipinski definition) is 2. The maximum Gasteiger partial charge on any atom is 0.243 e. The lowest BCUT2D eigenvalue weighted by atomic mass is 10.2. The predicted molar refractivity (Wildman–Crippen MR) is 117 cm³/mol. The zero-order valence-corrected chi connectivity index (χ0v) is 17.5. The quantitative estimate of drug-likeness (QED) is 0.688. The molecule has 0 saturated carbocycles. The van der Waals surface area contributed by atoms with Gasteiger partial charge in [0.15, 0.2) is 5.11 Å². The minimum absolute atomic E-state index is 0.306. The predicted octanol–water partition coefficient (Wildman–Crippen LogP) is 4.07. The number of nitrogens with zero attached hydrogens (tertiary/aromatic N) is 1. The fraction of sp³-hybridized carbons (Fsp3) is 0.350. The molecule has 0 aromatic heterocycles. The van der Waals surface area contributed by atoms with E-state index in [0.29, 0.717) is 35.4 Å². The standard InChI is InChI=1S/C20H25N3O3S2/c1-2-26-19-9-5-4-8-18(19)22-20(27)21-16-10-12-17(13-11-16)28(24,25)23-14-6-3-7-15-23/h4-5,8-13H,2-3,6-7,14-15H2,1H3,(H2,21,22,27). The van der Waals surface area contributed by atoms with Gasteiger partial charge in [0.25, 0.3) is 0 Å². The van der Waals surface area contributed by atoms with Crippen molar-refractivity contribution < 1.29 is 13.2 Å². The van der Waals surface area contributed by atoms with Gasteiger partial charge in [-0.25, -0.2) is 8.42 Å². The maximum atomic E-state index is 12.7. The van der Waals surface area contributed by atoms with Gasteiger partial charge < -0.3 is 15.4 Å². The number of hydrogen-bond acceptors (Lipinski definition) is 4. The Morgan fingerprint density at radius 3 is 2.39 bits per heavy atom. The molecule has 1 saturated heterocycles. The molecule has 0 bridgehead atoms. The van der Waals surface area contributed by atoms with E-state index in [1.54, 1.807) is 28.6 Å². The largest absolute Gasteiger partial charge is 0.492 e. The molecule has 2 aromatic rings. The minimum Gasteiger partial charge on any atom is -0.492 e. The number of piperidine rings is 1. The molecule has 3 rings (SSSR count). The summed E-state index contributed by atoms with van der Waals surface area (Å²) in [7, 11) is -3.43. The molecule has 150 valence electrons. The van der Waals surface area contributed by atoms with Crippen LogP contribution in [-0.4, -0.2) is 37.5 Å². The van der Waals surface area contributed by atoms with E-state index in [2.05, 4.69) is 10.6 Å². The molecule has 28 heavy (non-hydrogen) atoms. The number of ether oxygens (including phenoxy) is 1. The number of anilines is 2. The van der Waals surface area contributed by atoms with Gasteiger partial charge in [-0.15, -0.1) is 0 Å². The van der Waals surface area contributed by atoms with Crippen molar-refractivity contribution in [3.8, 4) is 5.75 Å². The van der Waals surface area contributed by atoms with Crippen molar-refractivity contribution >= 4 is 38.7 Å². The third-order valence-corrected chi connectivity index (χ3v) is 6.62. The van der Waals surface area contributed by atoms with Gasteiger partial charge in [-0.05, 0) is 68.4 Å². The Morgan fingerprint density at radius 2 is 1.71 bits per heavy atom. The first-order valence-corrected chi connectivity index (χ1v) is 11.3. The van der Waals surface area contributed by atoms with Gasteiger partial charge >= 0.3 is 0 Å². The van der Waals surface area contributed by atoms with Crippen molar-refractivity contribution in [2.24, 2.45) is 0 Å². The number of thiocarbonyl (C=S) groups is 1. The lowest BCUT2D eigenvalue weighted by Gasteiger charge is -2.25. The molecule has 1 fully saturated rings. The van der Waals surface area contributed by atoms with Crippen molar-refractivity contribution in [3.63, 3.8) is 0 Å². The molecule has 0 spiro atoms. The van der Waals surface area contributed by atoms with E-state index in [1.807, 2.05) is 31.2 Å². The molecule has 0 unspecified atom stereocenters. The Hall–Kier alpha value is -2.16. The van der Waals surface area contributed by atoms with Crippen LogP contribution in [0.15, 0.2) is 53.4 Å². The molecular weight excluding hydrogens is 394 g/mol. The normalized spacial score (nSPS) is 15.0. The van der Waals surface area contributed by atoms with Crippen LogP contribution in [0.2, 0.25) is 0 Å². The highest BCUT2D eigenvalue weighted by Gasteiger charge is 2.25. The number of nitrogens with one attached hydrogen (secondary N) is 2. The van der Waals surface area contributed by atoms with Crippen molar-refractivity contribution in [2.45, 2.75) is 31.1 Å².